The van der Waals surface area contributed by atoms with Gasteiger partial charge in [0.25, 0.3) is 11.7 Å². The fourth-order valence-corrected chi connectivity index (χ4v) is 4.82. The van der Waals surface area contributed by atoms with Gasteiger partial charge in [-0.1, -0.05) is 77.1 Å². The number of benzene rings is 3. The van der Waals surface area contributed by atoms with Crippen LogP contribution in [0.2, 0.25) is 0 Å². The smallest absolute Gasteiger partial charge is 0.300 e. The molecular weight excluding hydrogens is 478 g/mol. The van der Waals surface area contributed by atoms with Crippen molar-refractivity contribution in [2.24, 2.45) is 0 Å². The van der Waals surface area contributed by atoms with Crippen molar-refractivity contribution in [1.29, 1.82) is 0 Å². The molecule has 1 saturated heterocycles. The second-order valence-corrected chi connectivity index (χ2v) is 10.8. The molecule has 1 amide bonds. The summed E-state index contributed by atoms with van der Waals surface area (Å²) >= 11 is 0. The first-order valence-electron chi connectivity index (χ1n) is 12.7. The zero-order valence-corrected chi connectivity index (χ0v) is 23.0. The number of nitrogens with zero attached hydrogens (tertiary/aromatic N) is 1. The molecule has 1 N–H and O–H groups in total. The van der Waals surface area contributed by atoms with Gasteiger partial charge in [0.1, 0.15) is 22.8 Å². The molecule has 0 bridgehead atoms. The summed E-state index contributed by atoms with van der Waals surface area (Å²) < 4.78 is 11.0. The van der Waals surface area contributed by atoms with E-state index < -0.39 is 17.7 Å². The van der Waals surface area contributed by atoms with E-state index in [-0.39, 0.29) is 22.3 Å². The van der Waals surface area contributed by atoms with Crippen LogP contribution in [0.15, 0.2) is 72.3 Å². The fourth-order valence-electron chi connectivity index (χ4n) is 4.82. The number of ketones is 1. The monoisotopic (exact) mass is 513 g/mol. The maximum Gasteiger partial charge on any atom is 0.300 e. The number of carbonyl (C=O) groups excluding carboxylic acids is 2. The number of carbonyl (C=O) groups is 2. The normalized spacial score (nSPS) is 17.3. The highest BCUT2D eigenvalue weighted by Crippen LogP contribution is 2.45. The molecule has 4 rings (SSSR count). The Kier molecular flexibility index (Phi) is 7.36. The van der Waals surface area contributed by atoms with E-state index in [1.807, 2.05) is 48.5 Å². The molecule has 6 heteroatoms. The quantitative estimate of drug-likeness (QED) is 0.224. The topological polar surface area (TPSA) is 76.1 Å². The summed E-state index contributed by atoms with van der Waals surface area (Å²) in [4.78, 5) is 28.6. The highest BCUT2D eigenvalue weighted by atomic mass is 16.5. The number of anilines is 1. The predicted octanol–water partition coefficient (Wildman–Crippen LogP) is 6.75. The summed E-state index contributed by atoms with van der Waals surface area (Å²) in [5.74, 6) is -0.842. The van der Waals surface area contributed by atoms with E-state index in [1.165, 1.54) is 19.1 Å². The third kappa shape index (κ3) is 4.78. The second-order valence-electron chi connectivity index (χ2n) is 10.8. The van der Waals surface area contributed by atoms with Crippen LogP contribution in [0.1, 0.15) is 68.8 Å². The lowest BCUT2D eigenvalue weighted by Gasteiger charge is -2.27. The number of rotatable bonds is 6. The van der Waals surface area contributed by atoms with Crippen molar-refractivity contribution in [1.82, 2.24) is 0 Å². The third-order valence-corrected chi connectivity index (χ3v) is 7.04. The molecule has 3 aromatic carbocycles. The molecular formula is C32H35NO5. The van der Waals surface area contributed by atoms with Crippen molar-refractivity contribution >= 4 is 23.1 Å². The first-order valence-corrected chi connectivity index (χ1v) is 12.7. The van der Waals surface area contributed by atoms with Crippen molar-refractivity contribution in [3.63, 3.8) is 0 Å². The van der Waals surface area contributed by atoms with Crippen LogP contribution in [0.5, 0.6) is 11.5 Å². The van der Waals surface area contributed by atoms with E-state index >= 15 is 0 Å². The average molecular weight is 514 g/mol. The molecule has 6 nitrogen and oxygen atoms in total. The Morgan fingerprint density at radius 3 is 1.89 bits per heavy atom. The van der Waals surface area contributed by atoms with Crippen molar-refractivity contribution in [2.45, 2.75) is 52.0 Å². The van der Waals surface area contributed by atoms with Crippen LogP contribution in [0, 0.1) is 0 Å². The van der Waals surface area contributed by atoms with E-state index in [0.717, 1.165) is 11.1 Å². The molecule has 1 heterocycles. The maximum atomic E-state index is 13.6. The van der Waals surface area contributed by atoms with E-state index in [4.69, 9.17) is 9.47 Å². The summed E-state index contributed by atoms with van der Waals surface area (Å²) in [6.45, 7) is 10.6. The molecule has 38 heavy (non-hydrogen) atoms. The summed E-state index contributed by atoms with van der Waals surface area (Å²) in [7, 11) is 2.95. The van der Waals surface area contributed by atoms with Crippen molar-refractivity contribution < 1.29 is 24.2 Å². The molecule has 0 spiro atoms. The van der Waals surface area contributed by atoms with Gasteiger partial charge in [-0.05, 0) is 52.3 Å². The SMILES string of the molecule is COc1cccc(OC)c1/C(O)=C1\C(=O)C(=O)N(c2ccc(C(C)C)cc2)C1c1ccc(C(C)(C)C)cc1. The minimum Gasteiger partial charge on any atom is -0.506 e. The molecule has 1 aliphatic heterocycles. The molecule has 1 fully saturated rings. The lowest BCUT2D eigenvalue weighted by molar-refractivity contribution is -0.132. The molecule has 0 radical (unpaired) electrons. The van der Waals surface area contributed by atoms with Gasteiger partial charge in [0.05, 0.1) is 25.8 Å². The van der Waals surface area contributed by atoms with Crippen LogP contribution in [-0.2, 0) is 15.0 Å². The Labute approximate surface area is 224 Å². The summed E-state index contributed by atoms with van der Waals surface area (Å²) in [6.07, 6.45) is 0. The van der Waals surface area contributed by atoms with E-state index in [2.05, 4.69) is 34.6 Å². The molecule has 1 aliphatic rings. The second kappa shape index (κ2) is 10.4. The van der Waals surface area contributed by atoms with Crippen LogP contribution in [0.25, 0.3) is 5.76 Å². The largest absolute Gasteiger partial charge is 0.506 e. The Morgan fingerprint density at radius 1 is 0.868 bits per heavy atom. The van der Waals surface area contributed by atoms with Gasteiger partial charge in [-0.15, -0.1) is 0 Å². The Balaban J connectivity index is 1.97. The van der Waals surface area contributed by atoms with Crippen LogP contribution < -0.4 is 14.4 Å². The van der Waals surface area contributed by atoms with Gasteiger partial charge in [0, 0.05) is 5.69 Å². The number of amides is 1. The minimum atomic E-state index is -0.844. The molecule has 1 unspecified atom stereocenters. The highest BCUT2D eigenvalue weighted by Gasteiger charge is 2.47. The number of aliphatic hydroxyl groups excluding tert-OH is 1. The number of methoxy groups -OCH3 is 2. The van der Waals surface area contributed by atoms with Gasteiger partial charge in [-0.25, -0.2) is 0 Å². The predicted molar refractivity (Wildman–Crippen MR) is 150 cm³/mol. The Hall–Kier alpha value is -4.06. The standard InChI is InChI=1S/C32H35NO5/c1-19(2)20-13-17-23(18-14-20)33-28(21-11-15-22(16-12-21)32(3,4)5)27(30(35)31(33)36)29(34)26-24(37-6)9-8-10-25(26)38-7/h8-19,28,34H,1-7H3/b29-27+. The van der Waals surface area contributed by atoms with Crippen molar-refractivity contribution in [2.75, 3.05) is 19.1 Å². The maximum absolute atomic E-state index is 13.6. The van der Waals surface area contributed by atoms with Gasteiger partial charge < -0.3 is 14.6 Å². The molecule has 3 aromatic rings. The lowest BCUT2D eigenvalue weighted by Crippen LogP contribution is -2.29. The number of hydrogen-bond acceptors (Lipinski definition) is 5. The third-order valence-electron chi connectivity index (χ3n) is 7.04. The van der Waals surface area contributed by atoms with Crippen molar-refractivity contribution in [3.05, 3.63) is 94.6 Å². The lowest BCUT2D eigenvalue weighted by atomic mass is 9.85. The van der Waals surface area contributed by atoms with E-state index in [9.17, 15) is 14.7 Å². The number of aliphatic hydroxyl groups is 1. The Morgan fingerprint density at radius 2 is 1.42 bits per heavy atom. The number of ether oxygens (including phenoxy) is 2. The van der Waals surface area contributed by atoms with Crippen LogP contribution in [0.4, 0.5) is 5.69 Å². The highest BCUT2D eigenvalue weighted by molar-refractivity contribution is 6.51. The van der Waals surface area contributed by atoms with Crippen molar-refractivity contribution in [3.8, 4) is 11.5 Å². The number of Topliss-reactive ketones (excluding diaryl/α,β-unsaturated/α-hetero) is 1. The first-order chi connectivity index (χ1) is 18.0. The molecule has 0 aliphatic carbocycles. The van der Waals surface area contributed by atoms with Gasteiger partial charge in [-0.2, -0.15) is 0 Å². The van der Waals surface area contributed by atoms with Gasteiger partial charge in [0.2, 0.25) is 0 Å². The first kappa shape index (κ1) is 27.0. The molecule has 1 atom stereocenters. The molecule has 0 saturated carbocycles. The summed E-state index contributed by atoms with van der Waals surface area (Å²) in [5, 5.41) is 11.6. The summed E-state index contributed by atoms with van der Waals surface area (Å²) in [6, 6.07) is 19.7. The van der Waals surface area contributed by atoms with Crippen LogP contribution >= 0.6 is 0 Å². The zero-order valence-electron chi connectivity index (χ0n) is 23.0. The van der Waals surface area contributed by atoms with Gasteiger partial charge in [0.15, 0.2) is 0 Å². The minimum absolute atomic E-state index is 0.0192. The molecule has 0 aromatic heterocycles. The zero-order chi connectivity index (χ0) is 27.8. The van der Waals surface area contributed by atoms with Gasteiger partial charge in [-0.3, -0.25) is 14.5 Å². The average Bonchev–Trinajstić information content (AvgIpc) is 3.17. The Bertz CT molecular complexity index is 1360. The van der Waals surface area contributed by atoms with Crippen LogP contribution in [-0.4, -0.2) is 31.0 Å². The fraction of sp³-hybridized carbons (Fsp3) is 0.312. The van der Waals surface area contributed by atoms with E-state index in [1.54, 1.807) is 18.2 Å². The number of hydrogen-bond donors (Lipinski definition) is 1. The van der Waals surface area contributed by atoms with E-state index in [0.29, 0.717) is 28.7 Å². The molecule has 198 valence electrons. The summed E-state index contributed by atoms with van der Waals surface area (Å²) in [5.41, 5.74) is 3.66. The van der Waals surface area contributed by atoms with Crippen LogP contribution in [0.3, 0.4) is 0 Å². The van der Waals surface area contributed by atoms with Gasteiger partial charge >= 0.3 is 0 Å².